The van der Waals surface area contributed by atoms with E-state index in [0.29, 0.717) is 6.54 Å². The molecule has 1 aromatic heterocycles. The third-order valence-electron chi connectivity index (χ3n) is 2.61. The quantitative estimate of drug-likeness (QED) is 0.845. The molecule has 0 saturated carbocycles. The number of nitrogens with zero attached hydrogens (tertiary/aromatic N) is 2. The van der Waals surface area contributed by atoms with Gasteiger partial charge in [-0.2, -0.15) is 0 Å². The Morgan fingerprint density at radius 2 is 2.00 bits per heavy atom. The fraction of sp³-hybridized carbons (Fsp3) is 0.154. The molecular formula is C13H15N3O. The zero-order valence-corrected chi connectivity index (χ0v) is 9.67. The van der Waals surface area contributed by atoms with Gasteiger partial charge in [0.1, 0.15) is 5.75 Å². The van der Waals surface area contributed by atoms with E-state index < -0.39 is 0 Å². The van der Waals surface area contributed by atoms with Gasteiger partial charge in [0.25, 0.3) is 0 Å². The molecule has 0 aliphatic heterocycles. The molecule has 88 valence electrons. The Bertz CT molecular complexity index is 514. The van der Waals surface area contributed by atoms with Crippen molar-refractivity contribution in [3.8, 4) is 5.75 Å². The van der Waals surface area contributed by atoms with E-state index in [4.69, 9.17) is 5.73 Å². The van der Waals surface area contributed by atoms with Crippen molar-refractivity contribution in [2.75, 3.05) is 11.9 Å². The van der Waals surface area contributed by atoms with Crippen molar-refractivity contribution in [1.29, 1.82) is 0 Å². The number of pyridine rings is 1. The molecule has 0 bridgehead atoms. The minimum absolute atomic E-state index is 0.252. The maximum atomic E-state index is 9.45. The van der Waals surface area contributed by atoms with Crippen LogP contribution in [0.5, 0.6) is 5.75 Å². The molecule has 4 nitrogen and oxygen atoms in total. The molecule has 0 atom stereocenters. The van der Waals surface area contributed by atoms with E-state index in [2.05, 4.69) is 4.98 Å². The first-order valence-electron chi connectivity index (χ1n) is 5.38. The van der Waals surface area contributed by atoms with E-state index in [0.717, 1.165) is 17.1 Å². The van der Waals surface area contributed by atoms with E-state index >= 15 is 0 Å². The van der Waals surface area contributed by atoms with Crippen LogP contribution in [0.1, 0.15) is 5.69 Å². The van der Waals surface area contributed by atoms with Gasteiger partial charge in [-0.15, -0.1) is 0 Å². The average molecular weight is 229 g/mol. The third-order valence-corrected chi connectivity index (χ3v) is 2.61. The summed E-state index contributed by atoms with van der Waals surface area (Å²) in [6.07, 6.45) is 1.73. The zero-order chi connectivity index (χ0) is 12.3. The van der Waals surface area contributed by atoms with Crippen LogP contribution in [0.15, 0.2) is 42.6 Å². The van der Waals surface area contributed by atoms with E-state index in [1.54, 1.807) is 18.3 Å². The van der Waals surface area contributed by atoms with Gasteiger partial charge in [-0.25, -0.2) is 0 Å². The van der Waals surface area contributed by atoms with E-state index in [9.17, 15) is 5.11 Å². The second-order valence-corrected chi connectivity index (χ2v) is 3.79. The van der Waals surface area contributed by atoms with Crippen LogP contribution in [-0.2, 0) is 6.54 Å². The number of aromatic hydroxyl groups is 1. The van der Waals surface area contributed by atoms with Crippen molar-refractivity contribution in [3.05, 3.63) is 48.3 Å². The molecule has 0 spiro atoms. The van der Waals surface area contributed by atoms with Crippen molar-refractivity contribution in [2.24, 2.45) is 5.73 Å². The Morgan fingerprint density at radius 1 is 1.24 bits per heavy atom. The monoisotopic (exact) mass is 229 g/mol. The smallest absolute Gasteiger partial charge is 0.117 e. The third kappa shape index (κ3) is 2.54. The Labute approximate surface area is 100 Å². The SMILES string of the molecule is CN(c1cccc(O)c1)c1ccnc(CN)c1. The van der Waals surface area contributed by atoms with Crippen LogP contribution < -0.4 is 10.6 Å². The Kier molecular flexibility index (Phi) is 3.25. The highest BCUT2D eigenvalue weighted by atomic mass is 16.3. The predicted octanol–water partition coefficient (Wildman–Crippen LogP) is 2.01. The summed E-state index contributed by atoms with van der Waals surface area (Å²) in [6, 6.07) is 10.9. The summed E-state index contributed by atoms with van der Waals surface area (Å²) >= 11 is 0. The Balaban J connectivity index is 2.33. The largest absolute Gasteiger partial charge is 0.508 e. The summed E-state index contributed by atoms with van der Waals surface area (Å²) in [4.78, 5) is 6.12. The van der Waals surface area contributed by atoms with Crippen molar-refractivity contribution >= 4 is 11.4 Å². The van der Waals surface area contributed by atoms with Gasteiger partial charge >= 0.3 is 0 Å². The van der Waals surface area contributed by atoms with Crippen molar-refractivity contribution in [2.45, 2.75) is 6.54 Å². The molecule has 0 radical (unpaired) electrons. The molecule has 3 N–H and O–H groups in total. The van der Waals surface area contributed by atoms with Gasteiger partial charge in [-0.1, -0.05) is 6.07 Å². The van der Waals surface area contributed by atoms with Gasteiger partial charge < -0.3 is 15.7 Å². The molecular weight excluding hydrogens is 214 g/mol. The second kappa shape index (κ2) is 4.84. The number of hydrogen-bond acceptors (Lipinski definition) is 4. The number of benzene rings is 1. The zero-order valence-electron chi connectivity index (χ0n) is 9.67. The summed E-state index contributed by atoms with van der Waals surface area (Å²) in [6.45, 7) is 0.418. The predicted molar refractivity (Wildman–Crippen MR) is 68.3 cm³/mol. The van der Waals surface area contributed by atoms with Crippen LogP contribution in [-0.4, -0.2) is 17.1 Å². The van der Waals surface area contributed by atoms with E-state index in [-0.39, 0.29) is 5.75 Å². The van der Waals surface area contributed by atoms with Crippen molar-refractivity contribution in [1.82, 2.24) is 4.98 Å². The minimum Gasteiger partial charge on any atom is -0.508 e. The highest BCUT2D eigenvalue weighted by Crippen LogP contribution is 2.26. The minimum atomic E-state index is 0.252. The molecule has 0 aliphatic carbocycles. The van der Waals surface area contributed by atoms with Crippen LogP contribution in [0, 0.1) is 0 Å². The van der Waals surface area contributed by atoms with Crippen LogP contribution in [0.3, 0.4) is 0 Å². The number of phenols is 1. The summed E-state index contributed by atoms with van der Waals surface area (Å²) in [5.41, 5.74) is 8.31. The number of phenolic OH excluding ortho intramolecular Hbond substituents is 1. The normalized spacial score (nSPS) is 10.2. The van der Waals surface area contributed by atoms with Gasteiger partial charge in [0, 0.05) is 37.2 Å². The molecule has 0 amide bonds. The Morgan fingerprint density at radius 3 is 2.71 bits per heavy atom. The fourth-order valence-electron chi connectivity index (χ4n) is 1.64. The maximum Gasteiger partial charge on any atom is 0.117 e. The number of nitrogens with two attached hydrogens (primary N) is 1. The summed E-state index contributed by atoms with van der Waals surface area (Å²) in [5, 5.41) is 9.45. The highest BCUT2D eigenvalue weighted by Gasteiger charge is 2.05. The van der Waals surface area contributed by atoms with Crippen molar-refractivity contribution < 1.29 is 5.11 Å². The Hall–Kier alpha value is -2.07. The number of aromatic nitrogens is 1. The molecule has 2 rings (SSSR count). The summed E-state index contributed by atoms with van der Waals surface area (Å²) in [5.74, 6) is 0.252. The molecule has 4 heteroatoms. The van der Waals surface area contributed by atoms with Gasteiger partial charge in [-0.05, 0) is 24.3 Å². The van der Waals surface area contributed by atoms with Gasteiger partial charge in [0.2, 0.25) is 0 Å². The highest BCUT2D eigenvalue weighted by molar-refractivity contribution is 5.63. The lowest BCUT2D eigenvalue weighted by molar-refractivity contribution is 0.475. The lowest BCUT2D eigenvalue weighted by Crippen LogP contribution is -2.10. The van der Waals surface area contributed by atoms with Crippen LogP contribution >= 0.6 is 0 Å². The van der Waals surface area contributed by atoms with Crippen LogP contribution in [0.25, 0.3) is 0 Å². The summed E-state index contributed by atoms with van der Waals surface area (Å²) < 4.78 is 0. The van der Waals surface area contributed by atoms with E-state index in [1.165, 1.54) is 0 Å². The molecule has 17 heavy (non-hydrogen) atoms. The average Bonchev–Trinajstić information content (AvgIpc) is 2.38. The topological polar surface area (TPSA) is 62.4 Å². The molecule has 0 saturated heterocycles. The lowest BCUT2D eigenvalue weighted by atomic mass is 10.2. The molecule has 1 aromatic carbocycles. The van der Waals surface area contributed by atoms with Gasteiger partial charge in [-0.3, -0.25) is 4.98 Å². The standard InChI is InChI=1S/C13H15N3O/c1-16(11-3-2-4-13(17)8-11)12-5-6-15-10(7-12)9-14/h2-8,17H,9,14H2,1H3. The first-order valence-corrected chi connectivity index (χ1v) is 5.38. The number of anilines is 2. The molecule has 0 fully saturated rings. The summed E-state index contributed by atoms with van der Waals surface area (Å²) in [7, 11) is 1.93. The van der Waals surface area contributed by atoms with Crippen molar-refractivity contribution in [3.63, 3.8) is 0 Å². The first kappa shape index (κ1) is 11.4. The van der Waals surface area contributed by atoms with E-state index in [1.807, 2.05) is 36.2 Å². The first-order chi connectivity index (χ1) is 8.20. The van der Waals surface area contributed by atoms with Crippen LogP contribution in [0.2, 0.25) is 0 Å². The van der Waals surface area contributed by atoms with Crippen LogP contribution in [0.4, 0.5) is 11.4 Å². The molecule has 0 unspecified atom stereocenters. The molecule has 0 aliphatic rings. The number of rotatable bonds is 3. The van der Waals surface area contributed by atoms with Gasteiger partial charge in [0.15, 0.2) is 0 Å². The molecule has 2 aromatic rings. The fourth-order valence-corrected chi connectivity index (χ4v) is 1.64. The van der Waals surface area contributed by atoms with Gasteiger partial charge in [0.05, 0.1) is 5.69 Å². The maximum absolute atomic E-state index is 9.45. The molecule has 1 heterocycles. The second-order valence-electron chi connectivity index (χ2n) is 3.79. The lowest BCUT2D eigenvalue weighted by Gasteiger charge is -2.19. The number of hydrogen-bond donors (Lipinski definition) is 2.